The molecule has 0 saturated carbocycles. The number of halogens is 3. The molecule has 1 atom stereocenters. The molecule has 4 aromatic rings. The maximum Gasteiger partial charge on any atom is 0.419 e. The van der Waals surface area contributed by atoms with Gasteiger partial charge in [-0.05, 0) is 90.3 Å². The van der Waals surface area contributed by atoms with E-state index >= 15 is 0 Å². The van der Waals surface area contributed by atoms with Crippen LogP contribution in [-0.2, 0) is 56.4 Å². The number of rotatable bonds is 8. The normalized spacial score (nSPS) is 18.3. The summed E-state index contributed by atoms with van der Waals surface area (Å²) in [7, 11) is 0. The Balaban J connectivity index is 1.14. The van der Waals surface area contributed by atoms with E-state index in [2.05, 4.69) is 17.0 Å². The maximum absolute atomic E-state index is 14.1. The molecule has 0 unspecified atom stereocenters. The fourth-order valence-corrected chi connectivity index (χ4v) is 6.46. The Morgan fingerprint density at radius 3 is 2.60 bits per heavy atom. The molecule has 3 aliphatic rings. The standard InChI is InChI=1S/C33H32F3N3O4/c34-33(35,36)27-13-23-8-10-38(16-25(23)15-30(27)43-19-20-4-5-21-2-1-3-22(21)12-20)18-31-37-28-7-6-24(32(40)41)14-29(28)39(31)17-26-9-11-42-26/h4-7,12-15,26H,1-3,8-11,16-19H2,(H,40,41)/t26-/m0/s1. The van der Waals surface area contributed by atoms with E-state index in [1.807, 2.05) is 10.6 Å². The lowest BCUT2D eigenvalue weighted by Crippen LogP contribution is -2.34. The molecule has 0 bridgehead atoms. The number of aromatic nitrogens is 2. The highest BCUT2D eigenvalue weighted by Gasteiger charge is 2.36. The fraction of sp³-hybridized carbons (Fsp3) is 0.394. The van der Waals surface area contributed by atoms with Crippen molar-refractivity contribution < 1.29 is 32.5 Å². The van der Waals surface area contributed by atoms with E-state index in [0.717, 1.165) is 48.2 Å². The Labute approximate surface area is 246 Å². The molecular formula is C33H32F3N3O4. The molecule has 0 spiro atoms. The number of hydrogen-bond donors (Lipinski definition) is 1. The van der Waals surface area contributed by atoms with Crippen LogP contribution < -0.4 is 4.74 Å². The third kappa shape index (κ3) is 5.61. The number of aromatic carboxylic acids is 1. The van der Waals surface area contributed by atoms with Gasteiger partial charge in [0.05, 0.1) is 41.4 Å². The number of carboxylic acids is 1. The second-order valence-electron chi connectivity index (χ2n) is 11.7. The third-order valence-electron chi connectivity index (χ3n) is 8.87. The minimum atomic E-state index is -4.53. The number of imidazole rings is 1. The van der Waals surface area contributed by atoms with Crippen molar-refractivity contribution in [2.45, 2.75) is 70.6 Å². The summed E-state index contributed by atoms with van der Waals surface area (Å²) in [4.78, 5) is 18.6. The molecule has 7 rings (SSSR count). The van der Waals surface area contributed by atoms with E-state index in [0.29, 0.717) is 50.3 Å². The topological polar surface area (TPSA) is 76.8 Å². The number of hydrogen-bond acceptors (Lipinski definition) is 5. The predicted octanol–water partition coefficient (Wildman–Crippen LogP) is 6.17. The zero-order valence-electron chi connectivity index (χ0n) is 23.6. The summed E-state index contributed by atoms with van der Waals surface area (Å²) in [5.41, 5.74) is 5.81. The highest BCUT2D eigenvalue weighted by atomic mass is 19.4. The number of nitrogens with zero attached hydrogens (tertiary/aromatic N) is 3. The van der Waals surface area contributed by atoms with E-state index in [9.17, 15) is 23.1 Å². The van der Waals surface area contributed by atoms with Gasteiger partial charge in [0.25, 0.3) is 0 Å². The quantitative estimate of drug-likeness (QED) is 0.264. The van der Waals surface area contributed by atoms with E-state index in [1.165, 1.54) is 17.2 Å². The number of aryl methyl sites for hydroxylation is 2. The molecule has 1 fully saturated rings. The maximum atomic E-state index is 14.1. The van der Waals surface area contributed by atoms with Crippen LogP contribution in [0.1, 0.15) is 62.4 Å². The Hall–Kier alpha value is -3.89. The van der Waals surface area contributed by atoms with Gasteiger partial charge >= 0.3 is 12.1 Å². The molecule has 1 N–H and O–H groups in total. The molecular weight excluding hydrogens is 559 g/mol. The van der Waals surface area contributed by atoms with E-state index in [-0.39, 0.29) is 24.0 Å². The van der Waals surface area contributed by atoms with Crippen molar-refractivity contribution in [3.05, 3.63) is 93.3 Å². The van der Waals surface area contributed by atoms with Crippen LogP contribution in [0.5, 0.6) is 5.75 Å². The zero-order valence-corrected chi connectivity index (χ0v) is 23.6. The van der Waals surface area contributed by atoms with Gasteiger partial charge in [0.2, 0.25) is 0 Å². The number of ether oxygens (including phenoxy) is 2. The van der Waals surface area contributed by atoms with Gasteiger partial charge in [-0.15, -0.1) is 0 Å². The molecule has 224 valence electrons. The van der Waals surface area contributed by atoms with Crippen LogP contribution in [0.3, 0.4) is 0 Å². The van der Waals surface area contributed by atoms with Gasteiger partial charge in [-0.25, -0.2) is 9.78 Å². The van der Waals surface area contributed by atoms with Crippen LogP contribution >= 0.6 is 0 Å². The summed E-state index contributed by atoms with van der Waals surface area (Å²) in [6.45, 7) is 2.83. The van der Waals surface area contributed by atoms with Crippen LogP contribution in [0.25, 0.3) is 11.0 Å². The first-order chi connectivity index (χ1) is 20.7. The molecule has 7 nitrogen and oxygen atoms in total. The number of carboxylic acid groups (broad SMARTS) is 1. The van der Waals surface area contributed by atoms with Crippen LogP contribution in [-0.4, -0.2) is 44.8 Å². The summed E-state index contributed by atoms with van der Waals surface area (Å²) in [5.74, 6) is -0.378. The Morgan fingerprint density at radius 1 is 1.02 bits per heavy atom. The van der Waals surface area contributed by atoms with Gasteiger partial charge in [0, 0.05) is 19.7 Å². The summed E-state index contributed by atoms with van der Waals surface area (Å²) in [5, 5.41) is 9.52. The monoisotopic (exact) mass is 591 g/mol. The number of fused-ring (bicyclic) bond motifs is 3. The summed E-state index contributed by atoms with van der Waals surface area (Å²) in [6.07, 6.45) is 0.0506. The third-order valence-corrected chi connectivity index (χ3v) is 8.87. The second-order valence-corrected chi connectivity index (χ2v) is 11.7. The Bertz CT molecular complexity index is 1710. The summed E-state index contributed by atoms with van der Waals surface area (Å²) < 4.78 is 55.9. The molecule has 43 heavy (non-hydrogen) atoms. The number of benzene rings is 3. The highest BCUT2D eigenvalue weighted by Crippen LogP contribution is 2.40. The molecule has 3 aromatic carbocycles. The average molecular weight is 592 g/mol. The van der Waals surface area contributed by atoms with Crippen molar-refractivity contribution in [2.75, 3.05) is 13.2 Å². The van der Waals surface area contributed by atoms with Crippen molar-refractivity contribution in [1.82, 2.24) is 14.5 Å². The molecule has 0 radical (unpaired) electrons. The van der Waals surface area contributed by atoms with Gasteiger partial charge in [-0.1, -0.05) is 18.2 Å². The van der Waals surface area contributed by atoms with E-state index in [4.69, 9.17) is 14.5 Å². The molecule has 0 amide bonds. The highest BCUT2D eigenvalue weighted by molar-refractivity contribution is 5.92. The van der Waals surface area contributed by atoms with Gasteiger partial charge in [0.15, 0.2) is 0 Å². The minimum Gasteiger partial charge on any atom is -0.488 e. The lowest BCUT2D eigenvalue weighted by atomic mass is 9.96. The van der Waals surface area contributed by atoms with Gasteiger partial charge in [-0.2, -0.15) is 13.2 Å². The lowest BCUT2D eigenvalue weighted by Gasteiger charge is -2.31. The van der Waals surface area contributed by atoms with Gasteiger partial charge in [-0.3, -0.25) is 4.90 Å². The first-order valence-corrected chi connectivity index (χ1v) is 14.7. The largest absolute Gasteiger partial charge is 0.488 e. The number of alkyl halides is 3. The Kier molecular flexibility index (Phi) is 7.13. The molecule has 3 heterocycles. The van der Waals surface area contributed by atoms with E-state index in [1.54, 1.807) is 24.3 Å². The van der Waals surface area contributed by atoms with Crippen LogP contribution in [0.15, 0.2) is 48.5 Å². The fourth-order valence-electron chi connectivity index (χ4n) is 6.46. The van der Waals surface area contributed by atoms with Crippen molar-refractivity contribution in [1.29, 1.82) is 0 Å². The average Bonchev–Trinajstić information content (AvgIpc) is 3.56. The van der Waals surface area contributed by atoms with Crippen molar-refractivity contribution in [3.8, 4) is 5.75 Å². The van der Waals surface area contributed by atoms with Gasteiger partial charge < -0.3 is 19.1 Å². The zero-order chi connectivity index (χ0) is 29.7. The summed E-state index contributed by atoms with van der Waals surface area (Å²) in [6, 6.07) is 13.8. The SMILES string of the molecule is O=C(O)c1ccc2nc(CN3CCc4cc(C(F)(F)F)c(OCc5ccc6c(c5)CCC6)cc4C3)n(C[C@@H]3CCO3)c2c1. The van der Waals surface area contributed by atoms with Crippen LogP contribution in [0, 0.1) is 0 Å². The minimum absolute atomic E-state index is 0.0397. The van der Waals surface area contributed by atoms with Crippen molar-refractivity contribution >= 4 is 17.0 Å². The smallest absolute Gasteiger partial charge is 0.419 e. The molecule has 1 saturated heterocycles. The molecule has 1 aliphatic carbocycles. The van der Waals surface area contributed by atoms with Gasteiger partial charge in [0.1, 0.15) is 18.2 Å². The van der Waals surface area contributed by atoms with Crippen molar-refractivity contribution in [3.63, 3.8) is 0 Å². The first kappa shape index (κ1) is 27.9. The molecule has 10 heteroatoms. The summed E-state index contributed by atoms with van der Waals surface area (Å²) >= 11 is 0. The lowest BCUT2D eigenvalue weighted by molar-refractivity contribution is -0.139. The van der Waals surface area contributed by atoms with Crippen LogP contribution in [0.2, 0.25) is 0 Å². The first-order valence-electron chi connectivity index (χ1n) is 14.7. The Morgan fingerprint density at radius 2 is 1.84 bits per heavy atom. The molecule has 2 aliphatic heterocycles. The molecule has 1 aromatic heterocycles. The van der Waals surface area contributed by atoms with E-state index < -0.39 is 17.7 Å². The second kappa shape index (κ2) is 11.0. The number of carbonyl (C=O) groups is 1. The van der Waals surface area contributed by atoms with Crippen LogP contribution in [0.4, 0.5) is 13.2 Å². The van der Waals surface area contributed by atoms with Crippen molar-refractivity contribution in [2.24, 2.45) is 0 Å². The predicted molar refractivity (Wildman–Crippen MR) is 153 cm³/mol.